The molecule has 0 amide bonds. The first-order chi connectivity index (χ1) is 8.26. The number of hydrogen-bond acceptors (Lipinski definition) is 2. The zero-order valence-corrected chi connectivity index (χ0v) is 9.66. The van der Waals surface area contributed by atoms with Gasteiger partial charge in [0.05, 0.1) is 19.8 Å². The molecular formula is C14H12FO2. The van der Waals surface area contributed by atoms with Crippen LogP contribution in [0.3, 0.4) is 0 Å². The van der Waals surface area contributed by atoms with Gasteiger partial charge in [-0.1, -0.05) is 12.1 Å². The molecule has 0 bridgehead atoms. The minimum absolute atomic E-state index is 0.292. The van der Waals surface area contributed by atoms with E-state index in [0.717, 1.165) is 5.56 Å². The number of ether oxygens (including phenoxy) is 2. The van der Waals surface area contributed by atoms with Gasteiger partial charge in [-0.3, -0.25) is 0 Å². The van der Waals surface area contributed by atoms with Crippen molar-refractivity contribution >= 4 is 0 Å². The van der Waals surface area contributed by atoms with E-state index in [4.69, 9.17) is 9.47 Å². The molecule has 0 aromatic heterocycles. The molecule has 0 spiro atoms. The Balaban J connectivity index is 2.64. The maximum atomic E-state index is 13.2. The van der Waals surface area contributed by atoms with E-state index in [-0.39, 0.29) is 5.82 Å². The molecule has 0 saturated carbocycles. The summed E-state index contributed by atoms with van der Waals surface area (Å²) in [6.07, 6.45) is 0. The van der Waals surface area contributed by atoms with Crippen LogP contribution < -0.4 is 9.47 Å². The molecule has 17 heavy (non-hydrogen) atoms. The molecule has 0 heterocycles. The Hall–Kier alpha value is -2.03. The lowest BCUT2D eigenvalue weighted by Gasteiger charge is -2.12. The van der Waals surface area contributed by atoms with Crippen molar-refractivity contribution < 1.29 is 13.9 Å². The SMILES string of the molecule is COc1c[c]cc(OC)c1-c1cccc(F)c1. The predicted octanol–water partition coefficient (Wildman–Crippen LogP) is 3.31. The minimum atomic E-state index is -0.292. The van der Waals surface area contributed by atoms with Crippen LogP contribution in [0.2, 0.25) is 0 Å². The fraction of sp³-hybridized carbons (Fsp3) is 0.143. The molecule has 0 aliphatic carbocycles. The van der Waals surface area contributed by atoms with Crippen LogP contribution in [0.5, 0.6) is 11.5 Å². The van der Waals surface area contributed by atoms with Crippen LogP contribution in [0.15, 0.2) is 36.4 Å². The highest BCUT2D eigenvalue weighted by Gasteiger charge is 2.12. The van der Waals surface area contributed by atoms with Crippen LogP contribution in [-0.2, 0) is 0 Å². The first-order valence-electron chi connectivity index (χ1n) is 5.14. The van der Waals surface area contributed by atoms with Crippen LogP contribution in [0.25, 0.3) is 11.1 Å². The van der Waals surface area contributed by atoms with Gasteiger partial charge in [-0.25, -0.2) is 4.39 Å². The van der Waals surface area contributed by atoms with Gasteiger partial charge in [0.1, 0.15) is 17.3 Å². The summed E-state index contributed by atoms with van der Waals surface area (Å²) in [5.41, 5.74) is 1.45. The van der Waals surface area contributed by atoms with Crippen molar-refractivity contribution in [3.63, 3.8) is 0 Å². The number of benzene rings is 2. The van der Waals surface area contributed by atoms with E-state index in [2.05, 4.69) is 6.07 Å². The van der Waals surface area contributed by atoms with Gasteiger partial charge in [-0.15, -0.1) is 0 Å². The van der Waals surface area contributed by atoms with Crippen molar-refractivity contribution in [3.8, 4) is 22.6 Å². The first kappa shape index (κ1) is 11.5. The van der Waals surface area contributed by atoms with Gasteiger partial charge in [0.2, 0.25) is 0 Å². The Morgan fingerprint density at radius 1 is 1.06 bits per heavy atom. The predicted molar refractivity (Wildman–Crippen MR) is 63.8 cm³/mol. The maximum Gasteiger partial charge on any atom is 0.131 e. The Kier molecular flexibility index (Phi) is 3.28. The standard InChI is InChI=1S/C14H12FO2/c1-16-12-7-4-8-13(17-2)14(12)10-5-3-6-11(15)9-10/h3,5-9H,1-2H3. The van der Waals surface area contributed by atoms with E-state index in [0.29, 0.717) is 17.1 Å². The molecule has 2 nitrogen and oxygen atoms in total. The van der Waals surface area contributed by atoms with E-state index in [1.165, 1.54) is 12.1 Å². The van der Waals surface area contributed by atoms with Gasteiger partial charge in [0.15, 0.2) is 0 Å². The highest BCUT2D eigenvalue weighted by atomic mass is 19.1. The third-order valence-electron chi connectivity index (χ3n) is 2.47. The van der Waals surface area contributed by atoms with Crippen molar-refractivity contribution in [2.75, 3.05) is 14.2 Å². The number of halogens is 1. The summed E-state index contributed by atoms with van der Waals surface area (Å²) < 4.78 is 23.7. The van der Waals surface area contributed by atoms with Crippen LogP contribution in [0.1, 0.15) is 0 Å². The van der Waals surface area contributed by atoms with Gasteiger partial charge < -0.3 is 9.47 Å². The van der Waals surface area contributed by atoms with E-state index in [1.807, 2.05) is 6.07 Å². The second-order valence-corrected chi connectivity index (χ2v) is 3.48. The van der Waals surface area contributed by atoms with Crippen LogP contribution in [0.4, 0.5) is 4.39 Å². The van der Waals surface area contributed by atoms with Gasteiger partial charge in [-0.05, 0) is 35.9 Å². The fourth-order valence-corrected chi connectivity index (χ4v) is 1.71. The summed E-state index contributed by atoms with van der Waals surface area (Å²) in [5.74, 6) is 0.921. The molecule has 87 valence electrons. The molecule has 0 aliphatic heterocycles. The molecule has 0 saturated heterocycles. The monoisotopic (exact) mass is 231 g/mol. The Labute approximate surface area is 99.6 Å². The van der Waals surface area contributed by atoms with E-state index >= 15 is 0 Å². The molecule has 0 unspecified atom stereocenters. The first-order valence-corrected chi connectivity index (χ1v) is 5.14. The molecule has 2 aromatic rings. The summed E-state index contributed by atoms with van der Waals surface area (Å²) in [6.45, 7) is 0. The molecule has 2 rings (SSSR count). The van der Waals surface area contributed by atoms with E-state index in [9.17, 15) is 4.39 Å². The summed E-state index contributed by atoms with van der Waals surface area (Å²) in [6, 6.07) is 12.6. The van der Waals surface area contributed by atoms with E-state index in [1.54, 1.807) is 32.4 Å². The average molecular weight is 231 g/mol. The normalized spacial score (nSPS) is 10.1. The Morgan fingerprint density at radius 3 is 2.24 bits per heavy atom. The van der Waals surface area contributed by atoms with Gasteiger partial charge >= 0.3 is 0 Å². The molecule has 0 aliphatic rings. The molecule has 0 atom stereocenters. The topological polar surface area (TPSA) is 18.5 Å². The lowest BCUT2D eigenvalue weighted by Crippen LogP contribution is -1.93. The molecular weight excluding hydrogens is 219 g/mol. The van der Waals surface area contributed by atoms with Crippen LogP contribution in [-0.4, -0.2) is 14.2 Å². The molecule has 2 aromatic carbocycles. The van der Waals surface area contributed by atoms with Crippen molar-refractivity contribution in [2.24, 2.45) is 0 Å². The summed E-state index contributed by atoms with van der Waals surface area (Å²) in [4.78, 5) is 0. The zero-order valence-electron chi connectivity index (χ0n) is 9.66. The Bertz CT molecular complexity index is 501. The second kappa shape index (κ2) is 4.87. The smallest absolute Gasteiger partial charge is 0.131 e. The minimum Gasteiger partial charge on any atom is -0.496 e. The van der Waals surface area contributed by atoms with Crippen molar-refractivity contribution in [1.29, 1.82) is 0 Å². The third-order valence-corrected chi connectivity index (χ3v) is 2.47. The zero-order chi connectivity index (χ0) is 12.3. The molecule has 1 radical (unpaired) electrons. The molecule has 3 heteroatoms. The fourth-order valence-electron chi connectivity index (χ4n) is 1.71. The second-order valence-electron chi connectivity index (χ2n) is 3.48. The molecule has 0 N–H and O–H groups in total. The van der Waals surface area contributed by atoms with Crippen molar-refractivity contribution in [2.45, 2.75) is 0 Å². The molecule has 0 fully saturated rings. The maximum absolute atomic E-state index is 13.2. The highest BCUT2D eigenvalue weighted by molar-refractivity contribution is 5.76. The van der Waals surface area contributed by atoms with Crippen molar-refractivity contribution in [3.05, 3.63) is 48.3 Å². The third kappa shape index (κ3) is 2.23. The number of methoxy groups -OCH3 is 2. The summed E-state index contributed by atoms with van der Waals surface area (Å²) in [5, 5.41) is 0. The number of rotatable bonds is 3. The van der Waals surface area contributed by atoms with Crippen molar-refractivity contribution in [1.82, 2.24) is 0 Å². The summed E-state index contributed by atoms with van der Waals surface area (Å²) in [7, 11) is 3.12. The van der Waals surface area contributed by atoms with Crippen LogP contribution in [0, 0.1) is 11.9 Å². The lowest BCUT2D eigenvalue weighted by atomic mass is 10.0. The average Bonchev–Trinajstić information content (AvgIpc) is 2.37. The Morgan fingerprint density at radius 2 is 1.71 bits per heavy atom. The number of hydrogen-bond donors (Lipinski definition) is 0. The highest BCUT2D eigenvalue weighted by Crippen LogP contribution is 2.37. The largest absolute Gasteiger partial charge is 0.496 e. The van der Waals surface area contributed by atoms with Gasteiger partial charge in [0, 0.05) is 0 Å². The lowest BCUT2D eigenvalue weighted by molar-refractivity contribution is 0.397. The quantitative estimate of drug-likeness (QED) is 0.806. The van der Waals surface area contributed by atoms with Gasteiger partial charge in [-0.2, -0.15) is 0 Å². The summed E-state index contributed by atoms with van der Waals surface area (Å²) >= 11 is 0. The van der Waals surface area contributed by atoms with E-state index < -0.39 is 0 Å². The van der Waals surface area contributed by atoms with Gasteiger partial charge in [0.25, 0.3) is 0 Å². The van der Waals surface area contributed by atoms with Crippen LogP contribution >= 0.6 is 0 Å².